The summed E-state index contributed by atoms with van der Waals surface area (Å²) in [5, 5.41) is 0. The van der Waals surface area contributed by atoms with E-state index in [1.165, 1.54) is 64.2 Å². The van der Waals surface area contributed by atoms with Gasteiger partial charge in [-0.15, -0.1) is 0 Å². The van der Waals surface area contributed by atoms with Crippen LogP contribution >= 0.6 is 0 Å². The summed E-state index contributed by atoms with van der Waals surface area (Å²) in [5.41, 5.74) is 2.88. The molecule has 4 aliphatic rings. The van der Waals surface area contributed by atoms with Crippen molar-refractivity contribution >= 4 is 0 Å². The van der Waals surface area contributed by atoms with Gasteiger partial charge in [0.15, 0.2) is 0 Å². The van der Waals surface area contributed by atoms with Crippen molar-refractivity contribution in [1.29, 1.82) is 0 Å². The van der Waals surface area contributed by atoms with E-state index in [1.807, 2.05) is 12.7 Å². The van der Waals surface area contributed by atoms with Crippen LogP contribution in [0.4, 0.5) is 0 Å². The average Bonchev–Trinajstić information content (AvgIpc) is 2.87. The molecule has 0 aromatic heterocycles. The lowest BCUT2D eigenvalue weighted by Gasteiger charge is -2.58. The molecule has 6 atom stereocenters. The Bertz CT molecular complexity index is 508. The Morgan fingerprint density at radius 2 is 1.68 bits per heavy atom. The zero-order valence-corrected chi connectivity index (χ0v) is 17.8. The largest absolute Gasteiger partial charge is 0.378 e. The molecule has 0 spiro atoms. The summed E-state index contributed by atoms with van der Waals surface area (Å²) in [5.74, 6) is 2.75. The van der Waals surface area contributed by atoms with E-state index >= 15 is 0 Å². The molecule has 0 radical (unpaired) electrons. The predicted octanol–water partition coefficient (Wildman–Crippen LogP) is 7.16. The molecule has 4 aliphatic carbocycles. The van der Waals surface area contributed by atoms with Gasteiger partial charge in [0.05, 0.1) is 5.60 Å². The van der Waals surface area contributed by atoms with E-state index in [-0.39, 0.29) is 5.60 Å². The highest BCUT2D eigenvalue weighted by molar-refractivity contribution is 5.25. The highest BCUT2D eigenvalue weighted by Gasteiger charge is 2.62. The fourth-order valence-corrected chi connectivity index (χ4v) is 7.26. The summed E-state index contributed by atoms with van der Waals surface area (Å²) in [4.78, 5) is 0. The molecule has 0 aromatic carbocycles. The van der Waals surface area contributed by atoms with Crippen molar-refractivity contribution in [3.63, 3.8) is 0 Å². The van der Waals surface area contributed by atoms with Gasteiger partial charge in [0, 0.05) is 7.11 Å². The van der Waals surface area contributed by atoms with E-state index in [1.54, 1.807) is 0 Å². The topological polar surface area (TPSA) is 9.23 Å². The first-order valence-corrected chi connectivity index (χ1v) is 11.1. The van der Waals surface area contributed by atoms with Gasteiger partial charge in [0.1, 0.15) is 0 Å². The lowest BCUT2D eigenvalue weighted by Crippen LogP contribution is -2.53. The van der Waals surface area contributed by atoms with Gasteiger partial charge in [-0.05, 0) is 86.9 Å². The van der Waals surface area contributed by atoms with Gasteiger partial charge in [-0.3, -0.25) is 0 Å². The van der Waals surface area contributed by atoms with Crippen LogP contribution in [-0.4, -0.2) is 12.7 Å². The maximum Gasteiger partial charge on any atom is 0.0706 e. The Morgan fingerprint density at radius 1 is 1.00 bits per heavy atom. The number of hydrogen-bond acceptors (Lipinski definition) is 1. The molecular formula is C24H42O. The van der Waals surface area contributed by atoms with Crippen molar-refractivity contribution in [1.82, 2.24) is 0 Å². The average molecular weight is 347 g/mol. The van der Waals surface area contributed by atoms with Crippen LogP contribution in [-0.2, 0) is 4.74 Å². The molecule has 0 bridgehead atoms. The second-order valence-corrected chi connectivity index (χ2v) is 10.1. The monoisotopic (exact) mass is 346 g/mol. The van der Waals surface area contributed by atoms with Crippen molar-refractivity contribution in [3.05, 3.63) is 11.6 Å². The Kier molecular flexibility index (Phi) is 5.47. The molecule has 0 amide bonds. The van der Waals surface area contributed by atoms with Crippen molar-refractivity contribution in [2.45, 2.75) is 104 Å². The van der Waals surface area contributed by atoms with Crippen LogP contribution in [0.3, 0.4) is 0 Å². The first-order valence-electron chi connectivity index (χ1n) is 11.1. The maximum atomic E-state index is 6.07. The van der Waals surface area contributed by atoms with Gasteiger partial charge in [-0.25, -0.2) is 0 Å². The van der Waals surface area contributed by atoms with Gasteiger partial charge in [0.25, 0.3) is 0 Å². The van der Waals surface area contributed by atoms with Gasteiger partial charge in [-0.1, -0.05) is 52.2 Å². The van der Waals surface area contributed by atoms with E-state index in [9.17, 15) is 0 Å². The quantitative estimate of drug-likeness (QED) is 0.458. The Hall–Kier alpha value is -0.300. The first-order chi connectivity index (χ1) is 11.9. The minimum Gasteiger partial charge on any atom is -0.378 e. The fraction of sp³-hybridized carbons (Fsp3) is 0.917. The second-order valence-electron chi connectivity index (χ2n) is 10.1. The standard InChI is InChI=1S/C21H34O.C3H8/c1-19-12-6-5-7-15(19)8-9-16-17(19)10-13-20(2)18(16)11-14-21(20,3)22-4;1-3-2/h8,16-18H,5-7,9-14H2,1-4H3;3H2,1-2H3. The number of hydrogen-bond donors (Lipinski definition) is 0. The van der Waals surface area contributed by atoms with Crippen molar-refractivity contribution < 1.29 is 4.74 Å². The van der Waals surface area contributed by atoms with Gasteiger partial charge < -0.3 is 4.74 Å². The first kappa shape index (κ1) is 19.5. The van der Waals surface area contributed by atoms with Crippen LogP contribution < -0.4 is 0 Å². The third-order valence-corrected chi connectivity index (χ3v) is 9.00. The van der Waals surface area contributed by atoms with Gasteiger partial charge in [-0.2, -0.15) is 0 Å². The number of fused-ring (bicyclic) bond motifs is 5. The summed E-state index contributed by atoms with van der Waals surface area (Å²) < 4.78 is 6.07. The maximum absolute atomic E-state index is 6.07. The number of methoxy groups -OCH3 is 1. The van der Waals surface area contributed by atoms with Crippen LogP contribution in [0.15, 0.2) is 11.6 Å². The van der Waals surface area contributed by atoms with E-state index in [4.69, 9.17) is 4.74 Å². The lowest BCUT2D eigenvalue weighted by molar-refractivity contribution is -0.131. The summed E-state index contributed by atoms with van der Waals surface area (Å²) in [7, 11) is 1.95. The van der Waals surface area contributed by atoms with Crippen LogP contribution in [0.1, 0.15) is 98.8 Å². The minimum absolute atomic E-state index is 0.111. The molecule has 6 unspecified atom stereocenters. The zero-order valence-electron chi connectivity index (χ0n) is 17.8. The molecule has 25 heavy (non-hydrogen) atoms. The number of ether oxygens (including phenoxy) is 1. The van der Waals surface area contributed by atoms with Gasteiger partial charge >= 0.3 is 0 Å². The molecule has 0 aliphatic heterocycles. The van der Waals surface area contributed by atoms with Crippen molar-refractivity contribution in [2.75, 3.05) is 7.11 Å². The molecule has 4 rings (SSSR count). The van der Waals surface area contributed by atoms with Crippen LogP contribution in [0.2, 0.25) is 0 Å². The van der Waals surface area contributed by atoms with E-state index in [0.29, 0.717) is 10.8 Å². The Morgan fingerprint density at radius 3 is 2.36 bits per heavy atom. The second kappa shape index (κ2) is 7.02. The Balaban J connectivity index is 0.000000569. The molecule has 1 nitrogen and oxygen atoms in total. The number of allylic oxidation sites excluding steroid dienone is 2. The normalized spacial score (nSPS) is 48.4. The predicted molar refractivity (Wildman–Crippen MR) is 108 cm³/mol. The fourth-order valence-electron chi connectivity index (χ4n) is 7.26. The molecule has 144 valence electrons. The van der Waals surface area contributed by atoms with Crippen LogP contribution in [0.5, 0.6) is 0 Å². The molecule has 0 aromatic rings. The van der Waals surface area contributed by atoms with Crippen LogP contribution in [0, 0.1) is 28.6 Å². The van der Waals surface area contributed by atoms with Gasteiger partial charge in [0.2, 0.25) is 0 Å². The third kappa shape index (κ3) is 2.84. The summed E-state index contributed by atoms with van der Waals surface area (Å²) >= 11 is 0. The molecule has 3 saturated carbocycles. The molecule has 0 heterocycles. The van der Waals surface area contributed by atoms with Crippen molar-refractivity contribution in [3.8, 4) is 0 Å². The summed E-state index contributed by atoms with van der Waals surface area (Å²) in [6.07, 6.45) is 16.5. The molecule has 1 heteroatoms. The SMILES string of the molecule is CCC.COC1(C)CCC2C3CC=C4CCCCC4(C)C3CCC21C. The summed E-state index contributed by atoms with van der Waals surface area (Å²) in [6.45, 7) is 11.8. The van der Waals surface area contributed by atoms with E-state index in [2.05, 4.69) is 40.7 Å². The molecule has 0 N–H and O–H groups in total. The number of rotatable bonds is 1. The molecular weight excluding hydrogens is 304 g/mol. The Labute approximate surface area is 157 Å². The molecule has 0 saturated heterocycles. The van der Waals surface area contributed by atoms with Crippen molar-refractivity contribution in [2.24, 2.45) is 28.6 Å². The molecule has 3 fully saturated rings. The third-order valence-electron chi connectivity index (χ3n) is 9.00. The van der Waals surface area contributed by atoms with E-state index < -0.39 is 0 Å². The highest BCUT2D eigenvalue weighted by atomic mass is 16.5. The lowest BCUT2D eigenvalue weighted by atomic mass is 9.47. The summed E-state index contributed by atoms with van der Waals surface area (Å²) in [6, 6.07) is 0. The smallest absolute Gasteiger partial charge is 0.0706 e. The minimum atomic E-state index is 0.111. The zero-order chi connectivity index (χ0) is 18.3. The van der Waals surface area contributed by atoms with E-state index in [0.717, 1.165) is 17.8 Å². The highest BCUT2D eigenvalue weighted by Crippen LogP contribution is 2.67. The van der Waals surface area contributed by atoms with Crippen LogP contribution in [0.25, 0.3) is 0 Å².